The lowest BCUT2D eigenvalue weighted by Gasteiger charge is -2.29. The summed E-state index contributed by atoms with van der Waals surface area (Å²) in [6.07, 6.45) is 1.71. The molecule has 1 heterocycles. The van der Waals surface area contributed by atoms with Crippen LogP contribution in [0.25, 0.3) is 0 Å². The normalized spacial score (nSPS) is 15.2. The zero-order valence-corrected chi connectivity index (χ0v) is 17.0. The predicted molar refractivity (Wildman–Crippen MR) is 96.1 cm³/mol. The molecule has 0 N–H and O–H groups in total. The quantitative estimate of drug-likeness (QED) is 0.398. The lowest BCUT2D eigenvalue weighted by Crippen LogP contribution is -2.33. The van der Waals surface area contributed by atoms with E-state index in [0.717, 1.165) is 6.42 Å². The average molecular weight is 385 g/mol. The summed E-state index contributed by atoms with van der Waals surface area (Å²) < 4.78 is 11.2. The van der Waals surface area contributed by atoms with Crippen LogP contribution in [0.3, 0.4) is 0 Å². The maximum Gasteiger partial charge on any atom is 0.333 e. The molecule has 1 saturated heterocycles. The summed E-state index contributed by atoms with van der Waals surface area (Å²) in [7, 11) is 0. The monoisotopic (exact) mass is 385 g/mol. The van der Waals surface area contributed by atoms with Crippen molar-refractivity contribution in [2.24, 2.45) is 0 Å². The standard InChI is InChI=1S/C19H31NO7/c1-6-18(2,3)25-13-12-19(4,5)26-16(23)8-7-9-17(24)27-20-14(21)10-11-15(20)22/h6-13H2,1-5H3. The summed E-state index contributed by atoms with van der Waals surface area (Å²) in [5.41, 5.74) is -0.881. The molecule has 1 rings (SSSR count). The molecule has 154 valence electrons. The number of ether oxygens (including phenoxy) is 2. The van der Waals surface area contributed by atoms with Crippen molar-refractivity contribution in [2.75, 3.05) is 6.61 Å². The molecule has 1 aliphatic rings. The number of imide groups is 1. The first-order valence-corrected chi connectivity index (χ1v) is 9.38. The fraction of sp³-hybridized carbons (Fsp3) is 0.789. The molecule has 0 spiro atoms. The van der Waals surface area contributed by atoms with Gasteiger partial charge in [-0.1, -0.05) is 6.92 Å². The van der Waals surface area contributed by atoms with E-state index in [4.69, 9.17) is 14.3 Å². The smallest absolute Gasteiger partial charge is 0.333 e. The maximum absolute atomic E-state index is 12.0. The lowest BCUT2D eigenvalue weighted by molar-refractivity contribution is -0.197. The van der Waals surface area contributed by atoms with Crippen molar-refractivity contribution >= 4 is 23.8 Å². The summed E-state index contributed by atoms with van der Waals surface area (Å²) in [5, 5.41) is 0.502. The number of hydrogen-bond acceptors (Lipinski definition) is 7. The van der Waals surface area contributed by atoms with Gasteiger partial charge in [0.15, 0.2) is 0 Å². The Morgan fingerprint density at radius 2 is 1.52 bits per heavy atom. The second-order valence-electron chi connectivity index (χ2n) is 7.84. The Kier molecular flexibility index (Phi) is 8.40. The van der Waals surface area contributed by atoms with Crippen LogP contribution in [0.2, 0.25) is 0 Å². The number of carbonyl (C=O) groups excluding carboxylic acids is 4. The van der Waals surface area contributed by atoms with Crippen molar-refractivity contribution in [1.82, 2.24) is 5.06 Å². The van der Waals surface area contributed by atoms with Gasteiger partial charge in [-0.15, -0.1) is 5.06 Å². The van der Waals surface area contributed by atoms with Gasteiger partial charge in [-0.25, -0.2) is 4.79 Å². The molecule has 1 fully saturated rings. The molecule has 0 aromatic carbocycles. The Labute approximate surface area is 160 Å². The molecular weight excluding hydrogens is 354 g/mol. The Hall–Kier alpha value is -1.96. The van der Waals surface area contributed by atoms with Crippen LogP contribution in [0.5, 0.6) is 0 Å². The van der Waals surface area contributed by atoms with Gasteiger partial charge in [-0.2, -0.15) is 0 Å². The minimum atomic E-state index is -0.721. The number of hydroxylamine groups is 2. The van der Waals surface area contributed by atoms with Crippen LogP contribution in [-0.2, 0) is 33.5 Å². The van der Waals surface area contributed by atoms with E-state index < -0.39 is 29.4 Å². The molecule has 0 aromatic rings. The summed E-state index contributed by atoms with van der Waals surface area (Å²) in [6.45, 7) is 10.2. The van der Waals surface area contributed by atoms with E-state index in [1.54, 1.807) is 0 Å². The highest BCUT2D eigenvalue weighted by molar-refractivity contribution is 6.01. The first-order chi connectivity index (χ1) is 12.5. The van der Waals surface area contributed by atoms with Crippen molar-refractivity contribution in [3.8, 4) is 0 Å². The van der Waals surface area contributed by atoms with Crippen molar-refractivity contribution < 1.29 is 33.5 Å². The Morgan fingerprint density at radius 1 is 0.963 bits per heavy atom. The zero-order chi connectivity index (χ0) is 20.7. The summed E-state index contributed by atoms with van der Waals surface area (Å²) in [4.78, 5) is 51.1. The highest BCUT2D eigenvalue weighted by atomic mass is 16.7. The van der Waals surface area contributed by atoms with E-state index in [0.29, 0.717) is 18.1 Å². The van der Waals surface area contributed by atoms with Crippen molar-refractivity contribution in [2.45, 2.75) is 90.8 Å². The van der Waals surface area contributed by atoms with E-state index in [2.05, 4.69) is 0 Å². The number of nitrogens with zero attached hydrogens (tertiary/aromatic N) is 1. The first kappa shape index (κ1) is 23.1. The third-order valence-electron chi connectivity index (χ3n) is 4.40. The van der Waals surface area contributed by atoms with Crippen molar-refractivity contribution in [1.29, 1.82) is 0 Å². The topological polar surface area (TPSA) is 99.2 Å². The predicted octanol–water partition coefficient (Wildman–Crippen LogP) is 2.68. The number of esters is 1. The summed E-state index contributed by atoms with van der Waals surface area (Å²) >= 11 is 0. The molecule has 0 saturated carbocycles. The van der Waals surface area contributed by atoms with Gasteiger partial charge in [0.2, 0.25) is 0 Å². The molecule has 0 bridgehead atoms. The lowest BCUT2D eigenvalue weighted by atomic mass is 10.0. The van der Waals surface area contributed by atoms with E-state index in [1.165, 1.54) is 0 Å². The van der Waals surface area contributed by atoms with Crippen LogP contribution in [0.15, 0.2) is 0 Å². The SMILES string of the molecule is CCC(C)(C)OCCC(C)(C)OC(=O)CCCC(=O)ON1C(=O)CCC1=O. The van der Waals surface area contributed by atoms with Crippen LogP contribution >= 0.6 is 0 Å². The van der Waals surface area contributed by atoms with Gasteiger partial charge < -0.3 is 14.3 Å². The van der Waals surface area contributed by atoms with E-state index in [9.17, 15) is 19.2 Å². The Balaban J connectivity index is 2.26. The third-order valence-corrected chi connectivity index (χ3v) is 4.40. The molecule has 0 radical (unpaired) electrons. The third kappa shape index (κ3) is 8.51. The van der Waals surface area contributed by atoms with Crippen LogP contribution in [0.4, 0.5) is 0 Å². The first-order valence-electron chi connectivity index (χ1n) is 9.38. The van der Waals surface area contributed by atoms with E-state index in [-0.39, 0.29) is 37.7 Å². The van der Waals surface area contributed by atoms with Crippen LogP contribution in [-0.4, -0.2) is 46.6 Å². The fourth-order valence-corrected chi connectivity index (χ4v) is 2.27. The molecule has 0 atom stereocenters. The molecule has 8 nitrogen and oxygen atoms in total. The molecule has 1 aliphatic heterocycles. The van der Waals surface area contributed by atoms with Gasteiger partial charge in [-0.05, 0) is 40.5 Å². The van der Waals surface area contributed by atoms with Crippen LogP contribution < -0.4 is 0 Å². The zero-order valence-electron chi connectivity index (χ0n) is 17.0. The van der Waals surface area contributed by atoms with Gasteiger partial charge in [0.25, 0.3) is 11.8 Å². The fourth-order valence-electron chi connectivity index (χ4n) is 2.27. The maximum atomic E-state index is 12.0. The minimum Gasteiger partial charge on any atom is -0.460 e. The Morgan fingerprint density at radius 3 is 2.07 bits per heavy atom. The molecular formula is C19H31NO7. The molecule has 0 aromatic heterocycles. The van der Waals surface area contributed by atoms with Gasteiger partial charge in [-0.3, -0.25) is 14.4 Å². The second-order valence-corrected chi connectivity index (χ2v) is 7.84. The Bertz CT molecular complexity index is 552. The largest absolute Gasteiger partial charge is 0.460 e. The van der Waals surface area contributed by atoms with E-state index >= 15 is 0 Å². The van der Waals surface area contributed by atoms with Crippen molar-refractivity contribution in [3.05, 3.63) is 0 Å². The van der Waals surface area contributed by atoms with E-state index in [1.807, 2.05) is 34.6 Å². The second kappa shape index (κ2) is 9.82. The number of carbonyl (C=O) groups is 4. The number of amides is 2. The summed E-state index contributed by atoms with van der Waals surface area (Å²) in [6, 6.07) is 0. The van der Waals surface area contributed by atoms with Crippen molar-refractivity contribution in [3.63, 3.8) is 0 Å². The molecule has 27 heavy (non-hydrogen) atoms. The highest BCUT2D eigenvalue weighted by Crippen LogP contribution is 2.20. The number of hydrogen-bond donors (Lipinski definition) is 0. The van der Waals surface area contributed by atoms with Crippen LogP contribution in [0.1, 0.15) is 79.6 Å². The molecule has 2 amide bonds. The van der Waals surface area contributed by atoms with Gasteiger partial charge in [0, 0.05) is 32.1 Å². The average Bonchev–Trinajstić information content (AvgIpc) is 2.85. The highest BCUT2D eigenvalue weighted by Gasteiger charge is 2.32. The molecule has 8 heteroatoms. The number of rotatable bonds is 11. The van der Waals surface area contributed by atoms with Gasteiger partial charge in [0.05, 0.1) is 12.2 Å². The van der Waals surface area contributed by atoms with Crippen LogP contribution in [0, 0.1) is 0 Å². The summed E-state index contributed by atoms with van der Waals surface area (Å²) in [5.74, 6) is -2.19. The molecule has 0 aliphatic carbocycles. The molecule has 0 unspecified atom stereocenters. The van der Waals surface area contributed by atoms with Gasteiger partial charge >= 0.3 is 11.9 Å². The minimum absolute atomic E-state index is 0.0434. The van der Waals surface area contributed by atoms with Gasteiger partial charge in [0.1, 0.15) is 5.60 Å².